The highest BCUT2D eigenvalue weighted by Gasteiger charge is 2.12. The van der Waals surface area contributed by atoms with Gasteiger partial charge in [-0.1, -0.05) is 0 Å². The van der Waals surface area contributed by atoms with Crippen LogP contribution in [0.5, 0.6) is 5.75 Å². The third kappa shape index (κ3) is 5.30. The fraction of sp³-hybridized carbons (Fsp3) is 0.250. The molecule has 2 rings (SSSR count). The van der Waals surface area contributed by atoms with E-state index in [1.54, 1.807) is 36.0 Å². The molecule has 1 aromatic heterocycles. The first-order valence-corrected chi connectivity index (χ1v) is 9.08. The molecule has 5 nitrogen and oxygen atoms in total. The van der Waals surface area contributed by atoms with E-state index in [-0.39, 0.29) is 12.3 Å². The van der Waals surface area contributed by atoms with E-state index in [0.717, 1.165) is 4.90 Å². The van der Waals surface area contributed by atoms with Crippen LogP contribution in [0, 0.1) is 0 Å². The van der Waals surface area contributed by atoms with Crippen LogP contribution in [-0.4, -0.2) is 29.8 Å². The van der Waals surface area contributed by atoms with Gasteiger partial charge in [0, 0.05) is 17.0 Å². The Balaban J connectivity index is 1.87. The van der Waals surface area contributed by atoms with Gasteiger partial charge < -0.3 is 15.2 Å². The lowest BCUT2D eigenvalue weighted by Crippen LogP contribution is -2.11. The first kappa shape index (κ1) is 17.4. The number of hydrogen-bond acceptors (Lipinski definition) is 5. The van der Waals surface area contributed by atoms with E-state index < -0.39 is 5.97 Å². The summed E-state index contributed by atoms with van der Waals surface area (Å²) in [5, 5.41) is 13.3. The molecule has 2 aromatic rings. The van der Waals surface area contributed by atoms with Crippen LogP contribution in [-0.2, 0) is 4.79 Å². The summed E-state index contributed by atoms with van der Waals surface area (Å²) in [6.45, 7) is 0.351. The third-order valence-corrected chi connectivity index (χ3v) is 4.79. The number of nitrogens with one attached hydrogen (secondary N) is 1. The van der Waals surface area contributed by atoms with E-state index in [2.05, 4.69) is 5.32 Å². The quantitative estimate of drug-likeness (QED) is 0.556. The van der Waals surface area contributed by atoms with E-state index in [9.17, 15) is 9.59 Å². The van der Waals surface area contributed by atoms with E-state index in [4.69, 9.17) is 9.84 Å². The number of hydrogen-bond donors (Lipinski definition) is 2. The second-order valence-corrected chi connectivity index (χ2v) is 6.41. The third-order valence-electron chi connectivity index (χ3n) is 2.97. The zero-order chi connectivity index (χ0) is 16.7. The second kappa shape index (κ2) is 8.59. The number of carbonyl (C=O) groups is 2. The van der Waals surface area contributed by atoms with Crippen molar-refractivity contribution >= 4 is 40.7 Å². The van der Waals surface area contributed by atoms with Crippen LogP contribution in [0.2, 0.25) is 0 Å². The minimum atomic E-state index is -0.829. The molecule has 0 radical (unpaired) electrons. The molecule has 7 heteroatoms. The van der Waals surface area contributed by atoms with Crippen LogP contribution >= 0.6 is 23.1 Å². The first-order valence-electron chi connectivity index (χ1n) is 6.97. The van der Waals surface area contributed by atoms with E-state index in [1.807, 2.05) is 17.7 Å². The van der Waals surface area contributed by atoms with Gasteiger partial charge in [-0.3, -0.25) is 9.59 Å². The summed E-state index contributed by atoms with van der Waals surface area (Å²) < 4.78 is 5.45. The van der Waals surface area contributed by atoms with Crippen molar-refractivity contribution in [1.29, 1.82) is 0 Å². The lowest BCUT2D eigenvalue weighted by molar-refractivity contribution is -0.137. The number of ether oxygens (including phenoxy) is 1. The molecule has 2 N–H and O–H groups in total. The normalized spacial score (nSPS) is 10.3. The highest BCUT2D eigenvalue weighted by atomic mass is 32.2. The van der Waals surface area contributed by atoms with Crippen LogP contribution in [0.1, 0.15) is 22.5 Å². The number of thiophene rings is 1. The molecule has 0 atom stereocenters. The molecule has 0 aliphatic heterocycles. The van der Waals surface area contributed by atoms with Crippen LogP contribution in [0.15, 0.2) is 40.6 Å². The standard InChI is InChI=1S/C16H17NO4S2/c1-22-13-8-10-23-15(13)16(20)17-11-4-6-12(7-5-11)21-9-2-3-14(18)19/h4-8,10H,2-3,9H2,1H3,(H,17,20)(H,18,19). The number of anilines is 1. The molecule has 122 valence electrons. The molecule has 0 spiro atoms. The largest absolute Gasteiger partial charge is 0.494 e. The van der Waals surface area contributed by atoms with E-state index in [0.29, 0.717) is 29.3 Å². The molecule has 0 fully saturated rings. The van der Waals surface area contributed by atoms with Gasteiger partial charge in [-0.15, -0.1) is 23.1 Å². The number of carboxylic acid groups (broad SMARTS) is 1. The Morgan fingerprint density at radius 2 is 2.00 bits per heavy atom. The molecule has 23 heavy (non-hydrogen) atoms. The molecule has 0 aliphatic carbocycles. The maximum Gasteiger partial charge on any atom is 0.303 e. The molecule has 1 aromatic carbocycles. The van der Waals surface area contributed by atoms with Crippen LogP contribution < -0.4 is 10.1 Å². The number of benzene rings is 1. The molecule has 1 amide bonds. The predicted molar refractivity (Wildman–Crippen MR) is 92.9 cm³/mol. The van der Waals surface area contributed by atoms with Crippen molar-refractivity contribution < 1.29 is 19.4 Å². The molecule has 0 unspecified atom stereocenters. The smallest absolute Gasteiger partial charge is 0.303 e. The first-order chi connectivity index (χ1) is 11.1. The van der Waals surface area contributed by atoms with Gasteiger partial charge in [-0.25, -0.2) is 0 Å². The Morgan fingerprint density at radius 1 is 1.26 bits per heavy atom. The van der Waals surface area contributed by atoms with Crippen molar-refractivity contribution in [2.45, 2.75) is 17.7 Å². The zero-order valence-corrected chi connectivity index (χ0v) is 14.2. The summed E-state index contributed by atoms with van der Waals surface area (Å²) in [7, 11) is 0. The zero-order valence-electron chi connectivity index (χ0n) is 12.6. The number of amides is 1. The topological polar surface area (TPSA) is 75.6 Å². The fourth-order valence-electron chi connectivity index (χ4n) is 1.86. The average molecular weight is 351 g/mol. The second-order valence-electron chi connectivity index (χ2n) is 4.64. The summed E-state index contributed by atoms with van der Waals surface area (Å²) >= 11 is 2.96. The van der Waals surface area contributed by atoms with Crippen LogP contribution in [0.4, 0.5) is 5.69 Å². The van der Waals surface area contributed by atoms with Crippen LogP contribution in [0.3, 0.4) is 0 Å². The Labute approximate surface area is 142 Å². The van der Waals surface area contributed by atoms with Gasteiger partial charge in [0.25, 0.3) is 5.91 Å². The maximum atomic E-state index is 12.2. The van der Waals surface area contributed by atoms with Gasteiger partial charge in [-0.2, -0.15) is 0 Å². The lowest BCUT2D eigenvalue weighted by atomic mass is 10.3. The average Bonchev–Trinajstić information content (AvgIpc) is 3.01. The van der Waals surface area contributed by atoms with Crippen molar-refractivity contribution in [3.63, 3.8) is 0 Å². The molecule has 0 saturated carbocycles. The minimum absolute atomic E-state index is 0.0900. The number of thioether (sulfide) groups is 1. The number of aliphatic carboxylic acids is 1. The summed E-state index contributed by atoms with van der Waals surface area (Å²) in [5.74, 6) is -0.307. The van der Waals surface area contributed by atoms with Gasteiger partial charge in [0.15, 0.2) is 0 Å². The number of carbonyl (C=O) groups excluding carboxylic acids is 1. The summed E-state index contributed by atoms with van der Waals surface area (Å²) in [5.41, 5.74) is 0.688. The van der Waals surface area contributed by atoms with E-state index >= 15 is 0 Å². The summed E-state index contributed by atoms with van der Waals surface area (Å²) in [6, 6.07) is 8.95. The summed E-state index contributed by atoms with van der Waals surface area (Å²) in [4.78, 5) is 24.3. The monoisotopic (exact) mass is 351 g/mol. The Hall–Kier alpha value is -1.99. The molecular formula is C16H17NO4S2. The highest BCUT2D eigenvalue weighted by Crippen LogP contribution is 2.26. The molecular weight excluding hydrogens is 334 g/mol. The van der Waals surface area contributed by atoms with Gasteiger partial charge in [-0.05, 0) is 48.4 Å². The Kier molecular flexibility index (Phi) is 6.49. The van der Waals surface area contributed by atoms with Crippen molar-refractivity contribution in [2.75, 3.05) is 18.2 Å². The number of carboxylic acids is 1. The number of rotatable bonds is 8. The van der Waals surface area contributed by atoms with Crippen molar-refractivity contribution in [2.24, 2.45) is 0 Å². The van der Waals surface area contributed by atoms with Crippen molar-refractivity contribution in [3.05, 3.63) is 40.6 Å². The van der Waals surface area contributed by atoms with Crippen molar-refractivity contribution in [3.8, 4) is 5.75 Å². The fourth-order valence-corrected chi connectivity index (χ4v) is 3.50. The molecule has 0 aliphatic rings. The van der Waals surface area contributed by atoms with E-state index in [1.165, 1.54) is 11.3 Å². The van der Waals surface area contributed by atoms with Gasteiger partial charge in [0.05, 0.1) is 6.61 Å². The molecule has 0 bridgehead atoms. The molecule has 0 saturated heterocycles. The highest BCUT2D eigenvalue weighted by molar-refractivity contribution is 7.98. The van der Waals surface area contributed by atoms with Gasteiger partial charge in [0.2, 0.25) is 0 Å². The van der Waals surface area contributed by atoms with Crippen LogP contribution in [0.25, 0.3) is 0 Å². The lowest BCUT2D eigenvalue weighted by Gasteiger charge is -2.08. The SMILES string of the molecule is CSc1ccsc1C(=O)Nc1ccc(OCCCC(=O)O)cc1. The predicted octanol–water partition coefficient (Wildman–Crippen LogP) is 3.97. The molecule has 1 heterocycles. The van der Waals surface area contributed by atoms with Crippen molar-refractivity contribution in [1.82, 2.24) is 0 Å². The van der Waals surface area contributed by atoms with Gasteiger partial charge in [0.1, 0.15) is 10.6 Å². The Morgan fingerprint density at radius 3 is 2.65 bits per heavy atom. The Bertz CT molecular complexity index is 667. The van der Waals surface area contributed by atoms with Gasteiger partial charge >= 0.3 is 5.97 Å². The maximum absolute atomic E-state index is 12.2. The summed E-state index contributed by atoms with van der Waals surface area (Å²) in [6.07, 6.45) is 2.49. The minimum Gasteiger partial charge on any atom is -0.494 e.